The van der Waals surface area contributed by atoms with Crippen molar-refractivity contribution < 1.29 is 38.0 Å². The molecule has 1 atom stereocenters. The molecule has 0 saturated carbocycles. The van der Waals surface area contributed by atoms with Gasteiger partial charge in [0.15, 0.2) is 16.6 Å². The molecule has 1 N–H and O–H groups in total. The van der Waals surface area contributed by atoms with Crippen LogP contribution in [0, 0.1) is 5.82 Å². The summed E-state index contributed by atoms with van der Waals surface area (Å²) in [6.45, 7) is 0. The maximum Gasteiger partial charge on any atom is 0.301 e. The Kier molecular flexibility index (Phi) is 6.83. The second-order valence-electron chi connectivity index (χ2n) is 8.46. The molecule has 1 aliphatic rings. The molecule has 1 fully saturated rings. The van der Waals surface area contributed by atoms with Crippen LogP contribution in [0.15, 0.2) is 60.2 Å². The number of ketones is 1. The van der Waals surface area contributed by atoms with Crippen LogP contribution in [0.4, 0.5) is 9.52 Å². The van der Waals surface area contributed by atoms with E-state index in [0.717, 1.165) is 16.8 Å². The number of aliphatic hydroxyl groups is 1. The van der Waals surface area contributed by atoms with Crippen molar-refractivity contribution in [3.63, 3.8) is 0 Å². The Morgan fingerprint density at radius 3 is 2.18 bits per heavy atom. The van der Waals surface area contributed by atoms with Crippen molar-refractivity contribution in [2.24, 2.45) is 0 Å². The van der Waals surface area contributed by atoms with E-state index in [9.17, 15) is 19.1 Å². The fourth-order valence-corrected chi connectivity index (χ4v) is 5.51. The molecule has 1 amide bonds. The van der Waals surface area contributed by atoms with Crippen LogP contribution in [0.5, 0.6) is 23.0 Å². The molecule has 1 aromatic heterocycles. The Balaban J connectivity index is 1.77. The third kappa shape index (κ3) is 4.40. The van der Waals surface area contributed by atoms with Crippen molar-refractivity contribution in [3.05, 3.63) is 77.1 Å². The van der Waals surface area contributed by atoms with Gasteiger partial charge < -0.3 is 24.1 Å². The number of aromatic nitrogens is 1. The average Bonchev–Trinajstić information content (AvgIpc) is 3.49. The molecule has 1 aliphatic heterocycles. The second kappa shape index (κ2) is 10.3. The number of hydrogen-bond acceptors (Lipinski definition) is 9. The summed E-state index contributed by atoms with van der Waals surface area (Å²) in [5.74, 6) is -1.30. The first-order valence-corrected chi connectivity index (χ1v) is 12.4. The first-order valence-electron chi connectivity index (χ1n) is 11.6. The number of nitrogens with zero attached hydrogens (tertiary/aromatic N) is 2. The number of ether oxygens (including phenoxy) is 4. The van der Waals surface area contributed by atoms with Crippen LogP contribution in [-0.4, -0.2) is 50.2 Å². The normalized spacial score (nSPS) is 16.5. The second-order valence-corrected chi connectivity index (χ2v) is 9.47. The summed E-state index contributed by atoms with van der Waals surface area (Å²) in [5, 5.41) is 11.5. The SMILES string of the molecule is COc1ccc2nc(N3C(=O)C(=O)C(=C(O)c4ccc(F)cc4)C3c3cc(OC)c(OC)c(OC)c3)sc2c1. The van der Waals surface area contributed by atoms with Crippen LogP contribution in [0.2, 0.25) is 0 Å². The quantitative estimate of drug-likeness (QED) is 0.193. The van der Waals surface area contributed by atoms with E-state index in [1.807, 2.05) is 0 Å². The minimum atomic E-state index is -1.12. The zero-order valence-corrected chi connectivity index (χ0v) is 22.2. The first kappa shape index (κ1) is 26.0. The molecule has 0 bridgehead atoms. The molecule has 200 valence electrons. The summed E-state index contributed by atoms with van der Waals surface area (Å²) in [6, 6.07) is 12.3. The van der Waals surface area contributed by atoms with Crippen LogP contribution < -0.4 is 23.8 Å². The smallest absolute Gasteiger partial charge is 0.301 e. The number of Topliss-reactive ketones (excluding diaryl/α,β-unsaturated/α-hetero) is 1. The molecule has 4 aromatic rings. The molecule has 2 heterocycles. The zero-order valence-electron chi connectivity index (χ0n) is 21.4. The van der Waals surface area contributed by atoms with Gasteiger partial charge in [0.2, 0.25) is 5.75 Å². The Labute approximate surface area is 226 Å². The summed E-state index contributed by atoms with van der Waals surface area (Å²) < 4.78 is 36.1. The van der Waals surface area contributed by atoms with Crippen LogP contribution in [-0.2, 0) is 9.59 Å². The Morgan fingerprint density at radius 2 is 1.59 bits per heavy atom. The van der Waals surface area contributed by atoms with Crippen molar-refractivity contribution in [1.29, 1.82) is 0 Å². The summed E-state index contributed by atoms with van der Waals surface area (Å²) in [6.07, 6.45) is 0. The van der Waals surface area contributed by atoms with E-state index < -0.39 is 29.3 Å². The number of rotatable bonds is 7. The van der Waals surface area contributed by atoms with Gasteiger partial charge in [0.25, 0.3) is 5.78 Å². The molecule has 11 heteroatoms. The third-order valence-electron chi connectivity index (χ3n) is 6.36. The fraction of sp³-hybridized carbons (Fsp3) is 0.179. The van der Waals surface area contributed by atoms with Crippen molar-refractivity contribution in [3.8, 4) is 23.0 Å². The van der Waals surface area contributed by atoms with Gasteiger partial charge in [0.05, 0.1) is 50.3 Å². The van der Waals surface area contributed by atoms with Crippen LogP contribution in [0.25, 0.3) is 16.0 Å². The lowest BCUT2D eigenvalue weighted by atomic mass is 9.94. The lowest BCUT2D eigenvalue weighted by Crippen LogP contribution is -2.29. The van der Waals surface area contributed by atoms with Gasteiger partial charge in [-0.15, -0.1) is 0 Å². The predicted molar refractivity (Wildman–Crippen MR) is 143 cm³/mol. The number of thiazole rings is 1. The summed E-state index contributed by atoms with van der Waals surface area (Å²) >= 11 is 1.19. The molecular formula is C28H23FN2O7S. The lowest BCUT2D eigenvalue weighted by Gasteiger charge is -2.24. The highest BCUT2D eigenvalue weighted by atomic mass is 32.1. The number of fused-ring (bicyclic) bond motifs is 1. The van der Waals surface area contributed by atoms with E-state index >= 15 is 0 Å². The molecule has 3 aromatic carbocycles. The first-order chi connectivity index (χ1) is 18.8. The summed E-state index contributed by atoms with van der Waals surface area (Å²) in [7, 11) is 5.88. The van der Waals surface area contributed by atoms with E-state index in [1.54, 1.807) is 37.4 Å². The Hall–Kier alpha value is -4.64. The van der Waals surface area contributed by atoms with Crippen LogP contribution in [0.3, 0.4) is 0 Å². The molecule has 39 heavy (non-hydrogen) atoms. The molecule has 9 nitrogen and oxygen atoms in total. The topological polar surface area (TPSA) is 107 Å². The van der Waals surface area contributed by atoms with Gasteiger partial charge >= 0.3 is 5.91 Å². The van der Waals surface area contributed by atoms with Gasteiger partial charge in [0, 0.05) is 5.56 Å². The number of methoxy groups -OCH3 is 4. The fourth-order valence-electron chi connectivity index (χ4n) is 4.49. The van der Waals surface area contributed by atoms with E-state index in [4.69, 9.17) is 18.9 Å². The van der Waals surface area contributed by atoms with Gasteiger partial charge in [-0.25, -0.2) is 9.37 Å². The highest BCUT2D eigenvalue weighted by molar-refractivity contribution is 7.22. The number of aliphatic hydroxyl groups excluding tert-OH is 1. The number of carbonyl (C=O) groups is 2. The number of benzene rings is 3. The number of carbonyl (C=O) groups excluding carboxylic acids is 2. The zero-order chi connectivity index (χ0) is 27.8. The molecule has 5 rings (SSSR count). The van der Waals surface area contributed by atoms with E-state index in [0.29, 0.717) is 22.6 Å². The molecule has 0 spiro atoms. The predicted octanol–water partition coefficient (Wildman–Crippen LogP) is 5.10. The van der Waals surface area contributed by atoms with E-state index in [1.165, 1.54) is 49.7 Å². The van der Waals surface area contributed by atoms with E-state index in [-0.39, 0.29) is 27.8 Å². The van der Waals surface area contributed by atoms with Crippen molar-refractivity contribution in [1.82, 2.24) is 4.98 Å². The highest BCUT2D eigenvalue weighted by Gasteiger charge is 2.48. The molecule has 0 aliphatic carbocycles. The lowest BCUT2D eigenvalue weighted by molar-refractivity contribution is -0.132. The van der Waals surface area contributed by atoms with Gasteiger partial charge in [-0.1, -0.05) is 11.3 Å². The van der Waals surface area contributed by atoms with Gasteiger partial charge in [-0.05, 0) is 60.2 Å². The van der Waals surface area contributed by atoms with Crippen LogP contribution >= 0.6 is 11.3 Å². The van der Waals surface area contributed by atoms with Gasteiger partial charge in [-0.3, -0.25) is 14.5 Å². The molecule has 1 saturated heterocycles. The molecule has 1 unspecified atom stereocenters. The summed E-state index contributed by atoms with van der Waals surface area (Å²) in [4.78, 5) is 32.9. The minimum Gasteiger partial charge on any atom is -0.507 e. The Bertz CT molecular complexity index is 1610. The van der Waals surface area contributed by atoms with Crippen molar-refractivity contribution in [2.45, 2.75) is 6.04 Å². The average molecular weight is 551 g/mol. The van der Waals surface area contributed by atoms with E-state index in [2.05, 4.69) is 4.98 Å². The number of halogens is 1. The maximum atomic E-state index is 13.6. The van der Waals surface area contributed by atoms with Gasteiger partial charge in [0.1, 0.15) is 17.3 Å². The highest BCUT2D eigenvalue weighted by Crippen LogP contribution is 2.48. The van der Waals surface area contributed by atoms with Crippen molar-refractivity contribution >= 4 is 44.1 Å². The molecular weight excluding hydrogens is 527 g/mol. The number of anilines is 1. The third-order valence-corrected chi connectivity index (χ3v) is 7.37. The minimum absolute atomic E-state index is 0.167. The monoisotopic (exact) mass is 550 g/mol. The maximum absolute atomic E-state index is 13.6. The number of hydrogen-bond donors (Lipinski definition) is 1. The summed E-state index contributed by atoms with van der Waals surface area (Å²) in [5.41, 5.74) is 0.961. The van der Waals surface area contributed by atoms with Gasteiger partial charge in [-0.2, -0.15) is 0 Å². The van der Waals surface area contributed by atoms with Crippen LogP contribution in [0.1, 0.15) is 17.2 Å². The Morgan fingerprint density at radius 1 is 0.923 bits per heavy atom. The largest absolute Gasteiger partial charge is 0.507 e. The standard InChI is InChI=1S/C28H23FN2O7S/c1-35-17-9-10-18-21(13-17)39-28(30-18)31-23(15-11-19(36-2)26(38-4)20(12-15)37-3)22(25(33)27(31)34)24(32)14-5-7-16(29)8-6-14/h5-13,23,32H,1-4H3. The van der Waals surface area contributed by atoms with Crippen molar-refractivity contribution in [2.75, 3.05) is 33.3 Å². The number of amides is 1. The molecule has 0 radical (unpaired) electrons.